The molecule has 1 atom stereocenters. The van der Waals surface area contributed by atoms with E-state index in [2.05, 4.69) is 51.2 Å². The van der Waals surface area contributed by atoms with Crippen LogP contribution in [0.2, 0.25) is 0 Å². The van der Waals surface area contributed by atoms with Crippen molar-refractivity contribution in [3.8, 4) is 0 Å². The molecule has 2 heterocycles. The summed E-state index contributed by atoms with van der Waals surface area (Å²) >= 11 is 0. The maximum atomic E-state index is 13.2. The van der Waals surface area contributed by atoms with Gasteiger partial charge < -0.3 is 41.8 Å². The van der Waals surface area contributed by atoms with Gasteiger partial charge in [0.25, 0.3) is 0 Å². The van der Waals surface area contributed by atoms with Gasteiger partial charge in [-0.05, 0) is 35.9 Å². The standard InChI is InChI=1S/C32H32N12O6S2.2Na/c33-25-37-27(35-23-12-6-2-7-13-23)41-29(39-25)43-31(44-30-40-26(34)38-28(42-30)36-24-14-8-3-9-15-24)19-18-22(17-16-21-10-4-1-5-11-21)32(20-31,51(45,46)47)52(48,49)50;;/h1-19,22H,20H2,(H,45,46,47)(H,48,49,50)(H4,33,35,37,39,41,43)(H4,34,36,38,40,42,44);;/q;2*+1/p-2. The van der Waals surface area contributed by atoms with Gasteiger partial charge in [-0.2, -0.15) is 29.9 Å². The summed E-state index contributed by atoms with van der Waals surface area (Å²) in [6.07, 6.45) is 3.71. The average Bonchev–Trinajstić information content (AvgIpc) is 3.07. The average molecular weight is 789 g/mol. The Kier molecular flexibility index (Phi) is 13.8. The van der Waals surface area contributed by atoms with E-state index in [0.29, 0.717) is 16.9 Å². The van der Waals surface area contributed by atoms with E-state index in [4.69, 9.17) is 11.5 Å². The van der Waals surface area contributed by atoms with Crippen LogP contribution in [0.15, 0.2) is 109 Å². The van der Waals surface area contributed by atoms with Gasteiger partial charge in [0.2, 0.25) is 35.7 Å². The van der Waals surface area contributed by atoms with Crippen molar-refractivity contribution in [1.82, 2.24) is 29.9 Å². The number of hydrogen-bond acceptors (Lipinski definition) is 18. The predicted octanol–water partition coefficient (Wildman–Crippen LogP) is -2.99. The van der Waals surface area contributed by atoms with Crippen LogP contribution in [0.25, 0.3) is 6.08 Å². The number of rotatable bonds is 12. The van der Waals surface area contributed by atoms with Crippen LogP contribution in [0, 0.1) is 5.92 Å². The molecule has 1 aliphatic carbocycles. The molecule has 18 nitrogen and oxygen atoms in total. The quantitative estimate of drug-likeness (QED) is 0.0318. The number of aromatic nitrogens is 6. The molecule has 1 unspecified atom stereocenters. The van der Waals surface area contributed by atoms with Crippen LogP contribution < -0.4 is 91.8 Å². The molecule has 0 saturated heterocycles. The number of para-hydroxylation sites is 2. The van der Waals surface area contributed by atoms with Crippen LogP contribution in [0.3, 0.4) is 0 Å². The van der Waals surface area contributed by atoms with Gasteiger partial charge in [-0.3, -0.25) is 0 Å². The minimum absolute atomic E-state index is 0. The first-order valence-electron chi connectivity index (χ1n) is 15.3. The minimum atomic E-state index is -5.98. The molecule has 0 fully saturated rings. The Hall–Kier alpha value is -4.22. The van der Waals surface area contributed by atoms with E-state index in [1.807, 2.05) is 0 Å². The van der Waals surface area contributed by atoms with Crippen LogP contribution in [-0.4, -0.2) is 65.6 Å². The Labute approximate surface area is 354 Å². The largest absolute Gasteiger partial charge is 1.00 e. The summed E-state index contributed by atoms with van der Waals surface area (Å²) in [6, 6.07) is 26.0. The summed E-state index contributed by atoms with van der Waals surface area (Å²) in [5.41, 5.74) is 11.5. The van der Waals surface area contributed by atoms with Gasteiger partial charge in [-0.1, -0.05) is 85.0 Å². The van der Waals surface area contributed by atoms with Crippen molar-refractivity contribution in [3.05, 3.63) is 115 Å². The zero-order valence-corrected chi connectivity index (χ0v) is 34.5. The summed E-state index contributed by atoms with van der Waals surface area (Å²) in [4.78, 5) is 24.9. The smallest absolute Gasteiger partial charge is 0.747 e. The molecule has 54 heavy (non-hydrogen) atoms. The molecule has 0 amide bonds. The molecule has 0 spiro atoms. The second kappa shape index (κ2) is 17.5. The van der Waals surface area contributed by atoms with E-state index in [1.165, 1.54) is 12.2 Å². The number of nitrogen functional groups attached to an aromatic ring is 2. The van der Waals surface area contributed by atoms with Crippen LogP contribution in [0.1, 0.15) is 12.0 Å². The number of benzene rings is 3. The molecular formula is C32H30N12Na2O6S2. The van der Waals surface area contributed by atoms with Gasteiger partial charge in [0, 0.05) is 23.7 Å². The van der Waals surface area contributed by atoms with Crippen molar-refractivity contribution < 1.29 is 85.1 Å². The van der Waals surface area contributed by atoms with Crippen molar-refractivity contribution in [2.45, 2.75) is 16.2 Å². The second-order valence-corrected chi connectivity index (χ2v) is 15.0. The zero-order valence-electron chi connectivity index (χ0n) is 28.9. The molecule has 3 aromatic carbocycles. The molecule has 22 heteroatoms. The molecule has 6 rings (SSSR count). The third-order valence-corrected chi connectivity index (χ3v) is 11.5. The normalized spacial score (nSPS) is 16.0. The first-order valence-corrected chi connectivity index (χ1v) is 18.1. The molecule has 2 aromatic heterocycles. The number of nitrogens with two attached hydrogens (primary N) is 2. The maximum absolute atomic E-state index is 13.2. The third kappa shape index (κ3) is 9.90. The fourth-order valence-corrected chi connectivity index (χ4v) is 8.31. The van der Waals surface area contributed by atoms with Gasteiger partial charge >= 0.3 is 59.1 Å². The van der Waals surface area contributed by atoms with Crippen LogP contribution in [-0.2, 0) is 20.2 Å². The third-order valence-electron chi connectivity index (χ3n) is 7.80. The summed E-state index contributed by atoms with van der Waals surface area (Å²) in [6.45, 7) is 0. The molecule has 268 valence electrons. The first-order chi connectivity index (χ1) is 24.7. The Balaban J connectivity index is 0.00000325. The van der Waals surface area contributed by atoms with Crippen molar-refractivity contribution in [1.29, 1.82) is 0 Å². The molecule has 0 radical (unpaired) electrons. The number of nitrogens with one attached hydrogen (secondary N) is 4. The molecule has 1 aliphatic rings. The summed E-state index contributed by atoms with van der Waals surface area (Å²) in [5.74, 6) is -3.12. The van der Waals surface area contributed by atoms with Crippen molar-refractivity contribution in [2.75, 3.05) is 32.7 Å². The van der Waals surface area contributed by atoms with Gasteiger partial charge in [0.1, 0.15) is 25.9 Å². The predicted molar refractivity (Wildman–Crippen MR) is 193 cm³/mol. The number of anilines is 8. The van der Waals surface area contributed by atoms with Crippen LogP contribution >= 0.6 is 0 Å². The number of hydrogen-bond donors (Lipinski definition) is 6. The van der Waals surface area contributed by atoms with E-state index in [9.17, 15) is 25.9 Å². The van der Waals surface area contributed by atoms with E-state index in [1.54, 1.807) is 91.0 Å². The summed E-state index contributed by atoms with van der Waals surface area (Å²) in [7, 11) is -12.0. The second-order valence-electron chi connectivity index (χ2n) is 11.4. The van der Waals surface area contributed by atoms with E-state index in [-0.39, 0.29) is 94.8 Å². The SMILES string of the molecule is Nc1nc(Nc2ccccc2)nc(NC2(Nc3nc(N)nc(Nc4ccccc4)n3)C=CC(C=Cc3ccccc3)C(S(=O)(=O)[O-])(S(=O)(=O)[O-])C2)n1.[Na+].[Na+]. The Bertz CT molecular complexity index is 2220. The monoisotopic (exact) mass is 788 g/mol. The first kappa shape index (κ1) is 42.5. The van der Waals surface area contributed by atoms with Gasteiger partial charge in [-0.15, -0.1) is 0 Å². The fraction of sp³-hybridized carbons (Fsp3) is 0.125. The molecule has 8 N–H and O–H groups in total. The molecule has 0 bridgehead atoms. The van der Waals surface area contributed by atoms with Crippen LogP contribution in [0.5, 0.6) is 0 Å². The fourth-order valence-electron chi connectivity index (χ4n) is 5.52. The van der Waals surface area contributed by atoms with E-state index >= 15 is 0 Å². The molecule has 5 aromatic rings. The zero-order chi connectivity index (χ0) is 37.0. The number of nitrogens with zero attached hydrogens (tertiary/aromatic N) is 6. The topological polar surface area (TPSA) is 292 Å². The van der Waals surface area contributed by atoms with E-state index < -0.39 is 42.3 Å². The van der Waals surface area contributed by atoms with Gasteiger partial charge in [0.05, 0.1) is 0 Å². The minimum Gasteiger partial charge on any atom is -0.747 e. The van der Waals surface area contributed by atoms with Gasteiger partial charge in [-0.25, -0.2) is 16.8 Å². The van der Waals surface area contributed by atoms with Crippen molar-refractivity contribution in [2.24, 2.45) is 5.92 Å². The van der Waals surface area contributed by atoms with Crippen molar-refractivity contribution >= 4 is 73.4 Å². The van der Waals surface area contributed by atoms with E-state index in [0.717, 1.165) is 12.2 Å². The molecular weight excluding hydrogens is 759 g/mol. The summed E-state index contributed by atoms with van der Waals surface area (Å²) < 4.78 is 75.6. The number of allylic oxidation sites excluding steroid dienone is 2. The molecule has 0 saturated carbocycles. The van der Waals surface area contributed by atoms with Crippen molar-refractivity contribution in [3.63, 3.8) is 0 Å². The Morgan fingerprint density at radius 3 is 1.46 bits per heavy atom. The van der Waals surface area contributed by atoms with Gasteiger partial charge in [0.15, 0.2) is 4.08 Å². The Morgan fingerprint density at radius 2 is 1.04 bits per heavy atom. The maximum Gasteiger partial charge on any atom is 1.00 e. The van der Waals surface area contributed by atoms with Crippen LogP contribution in [0.4, 0.5) is 47.1 Å². The summed E-state index contributed by atoms with van der Waals surface area (Å²) in [5, 5.41) is 11.5. The Morgan fingerprint density at radius 1 is 0.630 bits per heavy atom. The molecule has 0 aliphatic heterocycles.